The number of hydrogen-bond donors (Lipinski definition) is 0. The van der Waals surface area contributed by atoms with Crippen molar-refractivity contribution in [2.75, 3.05) is 33.0 Å². The second-order valence-electron chi connectivity index (χ2n) is 8.63. The minimum atomic E-state index is -0.684. The Morgan fingerprint density at radius 2 is 1.59 bits per heavy atom. The third kappa shape index (κ3) is 18.9. The summed E-state index contributed by atoms with van der Waals surface area (Å²) in [6.07, 6.45) is 17.3. The van der Waals surface area contributed by atoms with Crippen LogP contribution in [0, 0.1) is 11.3 Å². The first kappa shape index (κ1) is 37.1. The Hall–Kier alpha value is -3.89. The Kier molecular flexibility index (Phi) is 23.8. The molecule has 0 aliphatic carbocycles. The van der Waals surface area contributed by atoms with Crippen LogP contribution in [-0.4, -0.2) is 45.0 Å². The van der Waals surface area contributed by atoms with E-state index in [1.165, 1.54) is 0 Å². The van der Waals surface area contributed by atoms with Gasteiger partial charge in [-0.25, -0.2) is 4.79 Å². The summed E-state index contributed by atoms with van der Waals surface area (Å²) >= 11 is 0. The van der Waals surface area contributed by atoms with Crippen LogP contribution < -0.4 is 4.74 Å². The number of ether oxygens (including phenoxy) is 4. The second kappa shape index (κ2) is 26.3. The third-order valence-electron chi connectivity index (χ3n) is 5.53. The average molecular weight is 566 g/mol. The fourth-order valence-electron chi connectivity index (χ4n) is 3.50. The van der Waals surface area contributed by atoms with Gasteiger partial charge in [-0.1, -0.05) is 74.9 Å². The fraction of sp³-hybridized carbons (Fsp3) is 0.441. The summed E-state index contributed by atoms with van der Waals surface area (Å²) in [6.45, 7) is 14.0. The lowest BCUT2D eigenvalue weighted by molar-refractivity contribution is -0.145. The predicted molar refractivity (Wildman–Crippen MR) is 165 cm³/mol. The number of carbonyl (C=O) groups excluding carboxylic acids is 2. The molecule has 0 radical (unpaired) electrons. The SMILES string of the molecule is C=C/C=C\C=C/C.C=CCCCCCCC(=O)OCCOCCOC(=O)/C(C#N)=C(\CC)c1ccc(OCC)cc1. The summed E-state index contributed by atoms with van der Waals surface area (Å²) in [5, 5.41) is 9.52. The van der Waals surface area contributed by atoms with Gasteiger partial charge >= 0.3 is 11.9 Å². The van der Waals surface area contributed by atoms with E-state index < -0.39 is 5.97 Å². The van der Waals surface area contributed by atoms with Crippen LogP contribution in [0.1, 0.15) is 71.3 Å². The number of rotatable bonds is 20. The number of hydrogen-bond acceptors (Lipinski definition) is 7. The van der Waals surface area contributed by atoms with Crippen molar-refractivity contribution in [3.63, 3.8) is 0 Å². The second-order valence-corrected chi connectivity index (χ2v) is 8.63. The number of carbonyl (C=O) groups is 2. The van der Waals surface area contributed by atoms with Crippen molar-refractivity contribution in [2.45, 2.75) is 65.7 Å². The van der Waals surface area contributed by atoms with Crippen molar-refractivity contribution in [3.05, 3.63) is 85.0 Å². The van der Waals surface area contributed by atoms with Gasteiger partial charge in [0.05, 0.1) is 19.8 Å². The molecule has 0 aliphatic heterocycles. The van der Waals surface area contributed by atoms with Crippen molar-refractivity contribution < 1.29 is 28.5 Å². The number of benzene rings is 1. The fourth-order valence-corrected chi connectivity index (χ4v) is 3.50. The molecule has 0 unspecified atom stereocenters. The van der Waals surface area contributed by atoms with Crippen molar-refractivity contribution in [1.29, 1.82) is 5.26 Å². The molecule has 0 amide bonds. The number of nitriles is 1. The molecule has 0 aliphatic rings. The van der Waals surface area contributed by atoms with Crippen LogP contribution in [0.4, 0.5) is 0 Å². The van der Waals surface area contributed by atoms with Crippen LogP contribution >= 0.6 is 0 Å². The summed E-state index contributed by atoms with van der Waals surface area (Å²) < 4.78 is 21.1. The first-order chi connectivity index (χ1) is 20.0. The average Bonchev–Trinajstić information content (AvgIpc) is 2.98. The Labute approximate surface area is 246 Å². The summed E-state index contributed by atoms with van der Waals surface area (Å²) in [5.74, 6) is -0.190. The molecular weight excluding hydrogens is 518 g/mol. The molecule has 0 bridgehead atoms. The zero-order valence-electron chi connectivity index (χ0n) is 25.1. The van der Waals surface area contributed by atoms with Gasteiger partial charge in [-0.2, -0.15) is 5.26 Å². The van der Waals surface area contributed by atoms with E-state index in [1.807, 2.05) is 69.4 Å². The molecule has 7 heteroatoms. The Balaban J connectivity index is 0.00000201. The summed E-state index contributed by atoms with van der Waals surface area (Å²) in [4.78, 5) is 24.1. The molecule has 0 N–H and O–H groups in total. The maximum absolute atomic E-state index is 12.4. The topological polar surface area (TPSA) is 94.9 Å². The summed E-state index contributed by atoms with van der Waals surface area (Å²) in [6, 6.07) is 9.22. The first-order valence-electron chi connectivity index (χ1n) is 14.3. The number of nitrogens with zero attached hydrogens (tertiary/aromatic N) is 1. The molecule has 224 valence electrons. The normalized spacial score (nSPS) is 11.2. The van der Waals surface area contributed by atoms with Crippen molar-refractivity contribution >= 4 is 17.5 Å². The predicted octanol–water partition coefficient (Wildman–Crippen LogP) is 7.71. The molecule has 0 saturated carbocycles. The van der Waals surface area contributed by atoms with Gasteiger partial charge in [-0.05, 0) is 62.8 Å². The van der Waals surface area contributed by atoms with E-state index in [-0.39, 0.29) is 38.0 Å². The minimum Gasteiger partial charge on any atom is -0.494 e. The molecule has 1 aromatic carbocycles. The van der Waals surface area contributed by atoms with Gasteiger partial charge in [0, 0.05) is 6.42 Å². The molecule has 0 atom stereocenters. The molecular formula is C34H47NO6. The first-order valence-corrected chi connectivity index (χ1v) is 14.3. The van der Waals surface area contributed by atoms with E-state index in [2.05, 4.69) is 13.2 Å². The van der Waals surface area contributed by atoms with Crippen LogP contribution in [0.3, 0.4) is 0 Å². The largest absolute Gasteiger partial charge is 0.494 e. The van der Waals surface area contributed by atoms with Crippen molar-refractivity contribution in [1.82, 2.24) is 0 Å². The van der Waals surface area contributed by atoms with Gasteiger partial charge in [-0.15, -0.1) is 6.58 Å². The van der Waals surface area contributed by atoms with E-state index in [9.17, 15) is 14.9 Å². The lowest BCUT2D eigenvalue weighted by Gasteiger charge is -2.11. The summed E-state index contributed by atoms with van der Waals surface area (Å²) in [5.41, 5.74) is 1.36. The van der Waals surface area contributed by atoms with Gasteiger partial charge in [0.1, 0.15) is 30.6 Å². The zero-order valence-corrected chi connectivity index (χ0v) is 25.1. The smallest absolute Gasteiger partial charge is 0.349 e. The summed E-state index contributed by atoms with van der Waals surface area (Å²) in [7, 11) is 0. The van der Waals surface area contributed by atoms with E-state index in [1.54, 1.807) is 18.2 Å². The number of unbranched alkanes of at least 4 members (excludes halogenated alkanes) is 4. The van der Waals surface area contributed by atoms with E-state index >= 15 is 0 Å². The Morgan fingerprint density at radius 3 is 2.17 bits per heavy atom. The third-order valence-corrected chi connectivity index (χ3v) is 5.53. The molecule has 1 aromatic rings. The zero-order chi connectivity index (χ0) is 30.6. The lowest BCUT2D eigenvalue weighted by atomic mass is 9.98. The maximum atomic E-state index is 12.4. The highest BCUT2D eigenvalue weighted by atomic mass is 16.6. The Bertz CT molecular complexity index is 1010. The van der Waals surface area contributed by atoms with E-state index in [0.717, 1.165) is 43.4 Å². The minimum absolute atomic E-state index is 0.00292. The van der Waals surface area contributed by atoms with Crippen LogP contribution in [-0.2, 0) is 23.8 Å². The van der Waals surface area contributed by atoms with E-state index in [0.29, 0.717) is 25.0 Å². The van der Waals surface area contributed by atoms with Gasteiger partial charge < -0.3 is 18.9 Å². The number of allylic oxidation sites excluding steroid dienone is 7. The van der Waals surface area contributed by atoms with Crippen molar-refractivity contribution in [2.24, 2.45) is 0 Å². The monoisotopic (exact) mass is 565 g/mol. The molecule has 0 aromatic heterocycles. The molecule has 1 rings (SSSR count). The van der Waals surface area contributed by atoms with Crippen molar-refractivity contribution in [3.8, 4) is 11.8 Å². The van der Waals surface area contributed by atoms with Gasteiger partial charge in [0.15, 0.2) is 0 Å². The van der Waals surface area contributed by atoms with Gasteiger partial charge in [0.25, 0.3) is 0 Å². The standard InChI is InChI=1S/C27H37NO6.C7H10/c1-4-7-8-9-10-11-12-26(29)33-19-17-31-18-20-34-27(30)25(21-28)24(5-2)22-13-15-23(16-14-22)32-6-3;1-3-5-7-6-4-2/h4,13-16H,1,5-12,17-20H2,2-3H3;3-7H,1H2,2H3/b25-24+;6-4-,7-5-. The maximum Gasteiger partial charge on any atom is 0.349 e. The quantitative estimate of drug-likeness (QED) is 0.0399. The van der Waals surface area contributed by atoms with Crippen LogP contribution in [0.2, 0.25) is 0 Å². The molecule has 0 spiro atoms. The van der Waals surface area contributed by atoms with Gasteiger partial charge in [-0.3, -0.25) is 4.79 Å². The molecule has 0 fully saturated rings. The van der Waals surface area contributed by atoms with Crippen LogP contribution in [0.15, 0.2) is 79.5 Å². The molecule has 0 heterocycles. The molecule has 7 nitrogen and oxygen atoms in total. The highest BCUT2D eigenvalue weighted by Crippen LogP contribution is 2.25. The van der Waals surface area contributed by atoms with Crippen LogP contribution in [0.5, 0.6) is 5.75 Å². The molecule has 0 saturated heterocycles. The van der Waals surface area contributed by atoms with Crippen LogP contribution in [0.25, 0.3) is 5.57 Å². The van der Waals surface area contributed by atoms with E-state index in [4.69, 9.17) is 18.9 Å². The molecule has 41 heavy (non-hydrogen) atoms. The lowest BCUT2D eigenvalue weighted by Crippen LogP contribution is -2.16. The van der Waals surface area contributed by atoms with Gasteiger partial charge in [0.2, 0.25) is 0 Å². The Morgan fingerprint density at radius 1 is 0.902 bits per heavy atom. The number of esters is 2. The highest BCUT2D eigenvalue weighted by molar-refractivity contribution is 6.01. The highest BCUT2D eigenvalue weighted by Gasteiger charge is 2.17.